The van der Waals surface area contributed by atoms with Crippen LogP contribution in [0.1, 0.15) is 59.3 Å². The van der Waals surface area contributed by atoms with E-state index in [9.17, 15) is 9.59 Å². The van der Waals surface area contributed by atoms with Gasteiger partial charge < -0.3 is 21.3 Å². The van der Waals surface area contributed by atoms with Crippen LogP contribution in [-0.4, -0.2) is 49.1 Å². The van der Waals surface area contributed by atoms with Crippen LogP contribution in [0.2, 0.25) is 0 Å². The minimum atomic E-state index is -0.00316. The molecule has 0 saturated carbocycles. The first kappa shape index (κ1) is 20.7. The molecule has 0 spiro atoms. The van der Waals surface area contributed by atoms with Crippen molar-refractivity contribution in [3.8, 4) is 0 Å². The fourth-order valence-electron chi connectivity index (χ4n) is 3.07. The van der Waals surface area contributed by atoms with Crippen LogP contribution in [0.5, 0.6) is 0 Å². The van der Waals surface area contributed by atoms with E-state index in [1.54, 1.807) is 0 Å². The Labute approximate surface area is 146 Å². The number of nitrogens with two attached hydrogens (primary N) is 1. The molecule has 0 aromatic heterocycles. The number of unbranched alkanes of at least 4 members (excludes halogenated alkanes) is 1. The van der Waals surface area contributed by atoms with Gasteiger partial charge in [-0.25, -0.2) is 4.79 Å². The first-order chi connectivity index (χ1) is 11.5. The van der Waals surface area contributed by atoms with Crippen LogP contribution < -0.4 is 16.4 Å². The molecule has 2 unspecified atom stereocenters. The van der Waals surface area contributed by atoms with E-state index in [4.69, 9.17) is 5.73 Å². The molecule has 4 N–H and O–H groups in total. The molecule has 2 atom stereocenters. The number of piperidine rings is 1. The number of likely N-dealkylation sites (tertiary alicyclic amines) is 1. The monoisotopic (exact) mass is 340 g/mol. The lowest BCUT2D eigenvalue weighted by Gasteiger charge is -2.33. The maximum atomic E-state index is 12.2. The van der Waals surface area contributed by atoms with E-state index >= 15 is 0 Å². The lowest BCUT2D eigenvalue weighted by atomic mass is 9.94. The quantitative estimate of drug-likeness (QED) is 0.600. The maximum Gasteiger partial charge on any atom is 0.317 e. The molecule has 140 valence electrons. The highest BCUT2D eigenvalue weighted by atomic mass is 16.2. The Morgan fingerprint density at radius 2 is 2.08 bits per heavy atom. The second kappa shape index (κ2) is 11.3. The smallest absolute Gasteiger partial charge is 0.317 e. The van der Waals surface area contributed by atoms with Crippen molar-refractivity contribution in [3.05, 3.63) is 0 Å². The molecule has 0 aliphatic carbocycles. The Hall–Kier alpha value is -1.30. The van der Waals surface area contributed by atoms with Gasteiger partial charge in [-0.2, -0.15) is 0 Å². The number of nitrogens with one attached hydrogen (secondary N) is 2. The second-order valence-corrected chi connectivity index (χ2v) is 7.38. The lowest BCUT2D eigenvalue weighted by molar-refractivity contribution is -0.123. The van der Waals surface area contributed by atoms with Crippen LogP contribution in [0.15, 0.2) is 0 Å². The number of nitrogens with zero attached hydrogens (tertiary/aromatic N) is 1. The number of carbonyl (C=O) groups is 2. The molecule has 1 rings (SSSR count). The molecule has 6 nitrogen and oxygen atoms in total. The summed E-state index contributed by atoms with van der Waals surface area (Å²) < 4.78 is 0. The van der Waals surface area contributed by atoms with E-state index in [0.717, 1.165) is 38.6 Å². The summed E-state index contributed by atoms with van der Waals surface area (Å²) in [5, 5.41) is 6.01. The van der Waals surface area contributed by atoms with Gasteiger partial charge in [-0.05, 0) is 31.1 Å². The predicted octanol–water partition coefficient (Wildman–Crippen LogP) is 2.09. The molecule has 1 fully saturated rings. The predicted molar refractivity (Wildman–Crippen MR) is 97.7 cm³/mol. The minimum absolute atomic E-state index is 0.00316. The number of carbonyl (C=O) groups excluding carboxylic acids is 2. The van der Waals surface area contributed by atoms with Crippen molar-refractivity contribution in [3.63, 3.8) is 0 Å². The van der Waals surface area contributed by atoms with Crippen molar-refractivity contribution in [1.82, 2.24) is 15.5 Å². The fraction of sp³-hybridized carbons (Fsp3) is 0.889. The molecular weight excluding hydrogens is 304 g/mol. The Balaban J connectivity index is 2.38. The molecule has 1 saturated heterocycles. The van der Waals surface area contributed by atoms with Gasteiger partial charge in [-0.15, -0.1) is 0 Å². The number of urea groups is 1. The van der Waals surface area contributed by atoms with Crippen molar-refractivity contribution < 1.29 is 9.59 Å². The summed E-state index contributed by atoms with van der Waals surface area (Å²) in [6, 6.07) is 0.0723. The van der Waals surface area contributed by atoms with E-state index in [-0.39, 0.29) is 23.9 Å². The molecule has 0 radical (unpaired) electrons. The van der Waals surface area contributed by atoms with Crippen LogP contribution >= 0.6 is 0 Å². The summed E-state index contributed by atoms with van der Waals surface area (Å²) in [5.74, 6) is 0.751. The molecule has 0 bridgehead atoms. The third-order valence-electron chi connectivity index (χ3n) is 4.50. The summed E-state index contributed by atoms with van der Waals surface area (Å²) in [5.41, 5.74) is 5.74. The zero-order valence-electron chi connectivity index (χ0n) is 15.6. The van der Waals surface area contributed by atoms with E-state index in [1.807, 2.05) is 4.90 Å². The van der Waals surface area contributed by atoms with Crippen molar-refractivity contribution >= 4 is 11.9 Å². The lowest BCUT2D eigenvalue weighted by Crippen LogP contribution is -2.47. The zero-order valence-corrected chi connectivity index (χ0v) is 15.6. The van der Waals surface area contributed by atoms with E-state index in [2.05, 4.69) is 31.4 Å². The number of hydrogen-bond acceptors (Lipinski definition) is 3. The van der Waals surface area contributed by atoms with E-state index in [0.29, 0.717) is 32.0 Å². The summed E-state index contributed by atoms with van der Waals surface area (Å²) in [4.78, 5) is 26.3. The molecule has 3 amide bonds. The van der Waals surface area contributed by atoms with Gasteiger partial charge in [-0.1, -0.05) is 33.6 Å². The maximum absolute atomic E-state index is 12.2. The molecule has 0 aromatic rings. The highest BCUT2D eigenvalue weighted by Gasteiger charge is 2.25. The topological polar surface area (TPSA) is 87.5 Å². The van der Waals surface area contributed by atoms with Crippen LogP contribution in [-0.2, 0) is 4.79 Å². The molecule has 24 heavy (non-hydrogen) atoms. The Bertz CT molecular complexity index is 387. The molecule has 1 aliphatic heterocycles. The number of hydrogen-bond donors (Lipinski definition) is 3. The molecular formula is C18H36N4O2. The van der Waals surface area contributed by atoms with Crippen LogP contribution in [0.25, 0.3) is 0 Å². The van der Waals surface area contributed by atoms with Gasteiger partial charge in [-0.3, -0.25) is 4.79 Å². The largest absolute Gasteiger partial charge is 0.352 e. The second-order valence-electron chi connectivity index (χ2n) is 7.38. The van der Waals surface area contributed by atoms with E-state index in [1.165, 1.54) is 0 Å². The van der Waals surface area contributed by atoms with Gasteiger partial charge in [0.25, 0.3) is 0 Å². The first-order valence-electron chi connectivity index (χ1n) is 9.48. The van der Waals surface area contributed by atoms with Crippen LogP contribution in [0, 0.1) is 11.8 Å². The third-order valence-corrected chi connectivity index (χ3v) is 4.50. The highest BCUT2D eigenvalue weighted by molar-refractivity contribution is 5.77. The van der Waals surface area contributed by atoms with E-state index < -0.39 is 0 Å². The van der Waals surface area contributed by atoms with Crippen molar-refractivity contribution in [2.75, 3.05) is 26.2 Å². The molecule has 1 heterocycles. The molecule has 0 aromatic carbocycles. The van der Waals surface area contributed by atoms with Crippen LogP contribution in [0.4, 0.5) is 4.79 Å². The van der Waals surface area contributed by atoms with Gasteiger partial charge in [0.2, 0.25) is 5.91 Å². The Morgan fingerprint density at radius 1 is 1.33 bits per heavy atom. The Morgan fingerprint density at radius 3 is 2.71 bits per heavy atom. The summed E-state index contributed by atoms with van der Waals surface area (Å²) >= 11 is 0. The summed E-state index contributed by atoms with van der Waals surface area (Å²) in [6.45, 7) is 8.92. The van der Waals surface area contributed by atoms with Crippen molar-refractivity contribution in [2.45, 2.75) is 65.3 Å². The molecule has 1 aliphatic rings. The average Bonchev–Trinajstić information content (AvgIpc) is 2.56. The molecule has 6 heteroatoms. The van der Waals surface area contributed by atoms with Crippen molar-refractivity contribution in [1.29, 1.82) is 0 Å². The van der Waals surface area contributed by atoms with Gasteiger partial charge in [0, 0.05) is 38.6 Å². The average molecular weight is 341 g/mol. The SMILES string of the molecule is CCCCC(CN)NC(=O)CC1CCCN(C(=O)NCC(C)C)C1. The summed E-state index contributed by atoms with van der Waals surface area (Å²) in [7, 11) is 0. The number of rotatable bonds is 9. The normalized spacial score (nSPS) is 19.2. The van der Waals surface area contributed by atoms with Crippen LogP contribution in [0.3, 0.4) is 0 Å². The van der Waals surface area contributed by atoms with Crippen molar-refractivity contribution in [2.24, 2.45) is 17.6 Å². The van der Waals surface area contributed by atoms with Gasteiger partial charge >= 0.3 is 6.03 Å². The van der Waals surface area contributed by atoms with Gasteiger partial charge in [0.05, 0.1) is 0 Å². The minimum Gasteiger partial charge on any atom is -0.352 e. The van der Waals surface area contributed by atoms with Gasteiger partial charge in [0.15, 0.2) is 0 Å². The summed E-state index contributed by atoms with van der Waals surface area (Å²) in [6.07, 6.45) is 5.57. The highest BCUT2D eigenvalue weighted by Crippen LogP contribution is 2.19. The first-order valence-corrected chi connectivity index (χ1v) is 9.48. The standard InChI is InChI=1S/C18H36N4O2/c1-4-5-8-16(11-19)21-17(23)10-15-7-6-9-22(13-15)18(24)20-12-14(2)3/h14-16H,4-13,19H2,1-3H3,(H,20,24)(H,21,23). The zero-order chi connectivity index (χ0) is 17.9. The fourth-order valence-corrected chi connectivity index (χ4v) is 3.07. The number of amides is 3. The Kier molecular flexibility index (Phi) is 9.76. The third kappa shape index (κ3) is 7.99. The van der Waals surface area contributed by atoms with Gasteiger partial charge in [0.1, 0.15) is 0 Å².